The van der Waals surface area contributed by atoms with E-state index in [1.165, 1.54) is 136 Å². The van der Waals surface area contributed by atoms with E-state index in [1.54, 1.807) is 11.1 Å². The summed E-state index contributed by atoms with van der Waals surface area (Å²) in [7, 11) is 0. The molecule has 0 heterocycles. The number of hydrogen-bond acceptors (Lipinski definition) is 1. The summed E-state index contributed by atoms with van der Waals surface area (Å²) < 4.78 is 0. The quantitative estimate of drug-likeness (QED) is 0.161. The number of anilines is 3. The molecule has 13 rings (SSSR count). The molecular formula is C64H65N. The van der Waals surface area contributed by atoms with Crippen molar-refractivity contribution in [3.05, 3.63) is 173 Å². The van der Waals surface area contributed by atoms with Crippen LogP contribution in [0.2, 0.25) is 0 Å². The fourth-order valence-electron chi connectivity index (χ4n) is 15.7. The normalized spacial score (nSPS) is 26.1. The number of para-hydroxylation sites is 2. The van der Waals surface area contributed by atoms with Crippen LogP contribution < -0.4 is 4.90 Å². The first-order chi connectivity index (χ1) is 31.5. The highest BCUT2D eigenvalue weighted by atomic mass is 15.1. The van der Waals surface area contributed by atoms with E-state index in [9.17, 15) is 0 Å². The molecule has 5 saturated carbocycles. The van der Waals surface area contributed by atoms with Gasteiger partial charge in [-0.15, -0.1) is 0 Å². The summed E-state index contributed by atoms with van der Waals surface area (Å²) in [6.45, 7) is 14.2. The van der Waals surface area contributed by atoms with Gasteiger partial charge in [-0.3, -0.25) is 0 Å². The van der Waals surface area contributed by atoms with Crippen LogP contribution >= 0.6 is 0 Å². The van der Waals surface area contributed by atoms with Gasteiger partial charge >= 0.3 is 0 Å². The van der Waals surface area contributed by atoms with Crippen LogP contribution in [0.1, 0.15) is 133 Å². The Kier molecular flexibility index (Phi) is 8.63. The summed E-state index contributed by atoms with van der Waals surface area (Å²) >= 11 is 0. The van der Waals surface area contributed by atoms with Gasteiger partial charge in [0.1, 0.15) is 0 Å². The zero-order chi connectivity index (χ0) is 44.0. The summed E-state index contributed by atoms with van der Waals surface area (Å²) in [6, 6.07) is 57.7. The van der Waals surface area contributed by atoms with Crippen LogP contribution in [-0.2, 0) is 16.2 Å². The monoisotopic (exact) mass is 848 g/mol. The molecule has 7 aromatic rings. The molecule has 0 aromatic heterocycles. The molecule has 0 N–H and O–H groups in total. The van der Waals surface area contributed by atoms with Gasteiger partial charge in [-0.25, -0.2) is 0 Å². The molecule has 2 bridgehead atoms. The Balaban J connectivity index is 1.07. The van der Waals surface area contributed by atoms with Gasteiger partial charge in [0.2, 0.25) is 0 Å². The molecule has 6 aliphatic carbocycles. The number of nitrogens with zero attached hydrogens (tertiary/aromatic N) is 1. The van der Waals surface area contributed by atoms with Gasteiger partial charge in [0.05, 0.1) is 11.4 Å². The van der Waals surface area contributed by atoms with Crippen molar-refractivity contribution < 1.29 is 0 Å². The van der Waals surface area contributed by atoms with Gasteiger partial charge in [-0.05, 0) is 169 Å². The Morgan fingerprint density at radius 1 is 0.508 bits per heavy atom. The van der Waals surface area contributed by atoms with Gasteiger partial charge in [0.15, 0.2) is 0 Å². The molecule has 0 saturated heterocycles. The fraction of sp³-hybridized carbons (Fsp3) is 0.375. The molecule has 0 amide bonds. The van der Waals surface area contributed by atoms with E-state index in [1.807, 2.05) is 0 Å². The summed E-state index contributed by atoms with van der Waals surface area (Å²) in [5.41, 5.74) is 20.2. The number of rotatable bonds is 6. The number of fused-ring (bicyclic) bond motifs is 9. The van der Waals surface area contributed by atoms with Crippen LogP contribution in [0.3, 0.4) is 0 Å². The van der Waals surface area contributed by atoms with Crippen molar-refractivity contribution in [2.45, 2.75) is 121 Å². The van der Waals surface area contributed by atoms with E-state index < -0.39 is 0 Å². The Morgan fingerprint density at radius 3 is 1.85 bits per heavy atom. The molecule has 1 heteroatoms. The third-order valence-electron chi connectivity index (χ3n) is 18.4. The minimum absolute atomic E-state index is 0.00527. The maximum absolute atomic E-state index is 2.71. The summed E-state index contributed by atoms with van der Waals surface area (Å²) in [6.07, 6.45) is 12.4. The first-order valence-corrected chi connectivity index (χ1v) is 25.4. The van der Waals surface area contributed by atoms with Crippen molar-refractivity contribution in [1.29, 1.82) is 0 Å². The predicted octanol–water partition coefficient (Wildman–Crippen LogP) is 17.6. The molecule has 0 radical (unpaired) electrons. The third-order valence-corrected chi connectivity index (χ3v) is 18.4. The first-order valence-electron chi connectivity index (χ1n) is 25.4. The topological polar surface area (TPSA) is 3.24 Å². The van der Waals surface area contributed by atoms with E-state index in [4.69, 9.17) is 0 Å². The van der Waals surface area contributed by atoms with E-state index >= 15 is 0 Å². The summed E-state index contributed by atoms with van der Waals surface area (Å²) in [5.74, 6) is 3.99. The minimum atomic E-state index is 0.00527. The molecule has 5 fully saturated rings. The molecule has 6 unspecified atom stereocenters. The second kappa shape index (κ2) is 14.1. The van der Waals surface area contributed by atoms with Crippen LogP contribution in [0, 0.1) is 29.1 Å². The third kappa shape index (κ3) is 5.57. The van der Waals surface area contributed by atoms with E-state index in [2.05, 4.69) is 192 Å². The minimum Gasteiger partial charge on any atom is -0.309 e. The van der Waals surface area contributed by atoms with Crippen molar-refractivity contribution in [2.75, 3.05) is 4.90 Å². The smallest absolute Gasteiger partial charge is 0.0540 e. The maximum atomic E-state index is 2.71. The zero-order valence-electron chi connectivity index (χ0n) is 39.6. The van der Waals surface area contributed by atoms with Crippen molar-refractivity contribution in [2.24, 2.45) is 29.1 Å². The van der Waals surface area contributed by atoms with Crippen molar-refractivity contribution in [1.82, 2.24) is 0 Å². The number of benzene rings is 7. The van der Waals surface area contributed by atoms with Crippen molar-refractivity contribution in [3.8, 4) is 33.4 Å². The second-order valence-electron chi connectivity index (χ2n) is 23.6. The lowest BCUT2D eigenvalue weighted by molar-refractivity contribution is -0.231. The lowest BCUT2D eigenvalue weighted by Crippen LogP contribution is -2.73. The predicted molar refractivity (Wildman–Crippen MR) is 274 cm³/mol. The summed E-state index contributed by atoms with van der Waals surface area (Å²) in [4.78, 5) is 2.68. The highest BCUT2D eigenvalue weighted by molar-refractivity contribution is 6.04. The van der Waals surface area contributed by atoms with Gasteiger partial charge < -0.3 is 4.90 Å². The van der Waals surface area contributed by atoms with E-state index in [-0.39, 0.29) is 16.2 Å². The molecular weight excluding hydrogens is 783 g/mol. The molecule has 0 aliphatic heterocycles. The molecule has 6 aliphatic rings. The molecule has 7 aromatic carbocycles. The lowest BCUT2D eigenvalue weighted by atomic mass is 9.27. The molecule has 326 valence electrons. The van der Waals surface area contributed by atoms with Gasteiger partial charge in [0, 0.05) is 22.2 Å². The van der Waals surface area contributed by atoms with Crippen molar-refractivity contribution in [3.63, 3.8) is 0 Å². The van der Waals surface area contributed by atoms with Crippen molar-refractivity contribution >= 4 is 27.8 Å². The van der Waals surface area contributed by atoms with Crippen LogP contribution in [0.4, 0.5) is 17.1 Å². The molecule has 6 atom stereocenters. The van der Waals surface area contributed by atoms with Gasteiger partial charge in [-0.2, -0.15) is 0 Å². The average Bonchev–Trinajstić information content (AvgIpc) is 3.95. The number of hydrogen-bond donors (Lipinski definition) is 0. The zero-order valence-corrected chi connectivity index (χ0v) is 39.6. The highest BCUT2D eigenvalue weighted by Crippen LogP contribution is 2.89. The van der Waals surface area contributed by atoms with Gasteiger partial charge in [-0.1, -0.05) is 182 Å². The van der Waals surface area contributed by atoms with Crippen LogP contribution in [-0.4, -0.2) is 0 Å². The summed E-state index contributed by atoms with van der Waals surface area (Å²) in [5, 5.41) is 2.79. The largest absolute Gasteiger partial charge is 0.309 e. The van der Waals surface area contributed by atoms with Gasteiger partial charge in [0.25, 0.3) is 0 Å². The fourth-order valence-corrected chi connectivity index (χ4v) is 15.7. The van der Waals surface area contributed by atoms with Crippen LogP contribution in [0.25, 0.3) is 44.2 Å². The van der Waals surface area contributed by atoms with E-state index in [0.29, 0.717) is 11.3 Å². The second-order valence-corrected chi connectivity index (χ2v) is 23.6. The first kappa shape index (κ1) is 39.9. The Hall–Kier alpha value is -5.40. The SMILES string of the molecule is CC(C)(C)c1cc(-c2ccccc2N(c2ccc3c(c2)C2(c4ccccc4-3)C3CC4CC5CC2C53C4)c2ccccc2-c2cccc3cccc(C4CCCCC4)c23)cc(C(C)(C)C)c1. The highest BCUT2D eigenvalue weighted by Gasteiger charge is 2.84. The Labute approximate surface area is 388 Å². The Bertz CT molecular complexity index is 3020. The van der Waals surface area contributed by atoms with E-state index in [0.717, 1.165) is 23.7 Å². The molecule has 65 heavy (non-hydrogen) atoms. The molecule has 2 spiro atoms. The maximum Gasteiger partial charge on any atom is 0.0540 e. The van der Waals surface area contributed by atoms with Crippen LogP contribution in [0.15, 0.2) is 146 Å². The molecule has 1 nitrogen and oxygen atoms in total. The standard InChI is InChI=1S/C64H65N/c1-61(2,3)44-34-43(35-45(36-44)62(4,5)6)48-22-11-14-28-56(48)65(57-29-15-12-24-52(57)53-26-17-21-42-20-16-25-49(60(42)53)41-18-8-7-9-19-41)47-30-31-51-50-23-10-13-27-54(50)64(55(51)38-47)58-33-40-32-46-37-59(64)63(46,58)39-40/h10-17,20-31,34-36,38,40-41,46,58-59H,7-9,18-19,32-33,37,39H2,1-6H3. The van der Waals surface area contributed by atoms with Crippen LogP contribution in [0.5, 0.6) is 0 Å². The average molecular weight is 848 g/mol. The Morgan fingerprint density at radius 2 is 1.12 bits per heavy atom. The lowest BCUT2D eigenvalue weighted by Gasteiger charge is -2.76.